The Hall–Kier alpha value is -0.710. The molecule has 0 heterocycles. The Kier molecular flexibility index (Phi) is 4.20. The summed E-state index contributed by atoms with van der Waals surface area (Å²) in [6.45, 7) is 6.12. The molecule has 2 nitrogen and oxygen atoms in total. The monoisotopic (exact) mass is 358 g/mol. The van der Waals surface area contributed by atoms with Gasteiger partial charge in [-0.3, -0.25) is 0 Å². The fraction of sp³-hybridized carbons (Fsp3) is 0.467. The first-order valence-corrected chi connectivity index (χ1v) is 7.34. The Balaban J connectivity index is 2.24. The van der Waals surface area contributed by atoms with E-state index >= 15 is 0 Å². The molecule has 0 amide bonds. The highest BCUT2D eigenvalue weighted by Gasteiger charge is 2.31. The van der Waals surface area contributed by atoms with Crippen molar-refractivity contribution in [3.63, 3.8) is 0 Å². The van der Waals surface area contributed by atoms with Crippen LogP contribution in [0.4, 0.5) is 0 Å². The molecule has 0 spiro atoms. The summed E-state index contributed by atoms with van der Waals surface area (Å²) in [6, 6.07) is 6.01. The summed E-state index contributed by atoms with van der Waals surface area (Å²) < 4.78 is 12.6. The van der Waals surface area contributed by atoms with Gasteiger partial charge in [0.05, 0.1) is 7.11 Å². The molecule has 0 bridgehead atoms. The van der Waals surface area contributed by atoms with Crippen LogP contribution in [0.2, 0.25) is 0 Å². The van der Waals surface area contributed by atoms with Crippen LogP contribution in [0.15, 0.2) is 24.8 Å². The number of benzene rings is 1. The molecule has 98 valence electrons. The molecule has 0 unspecified atom stereocenters. The van der Waals surface area contributed by atoms with Crippen molar-refractivity contribution < 1.29 is 9.47 Å². The van der Waals surface area contributed by atoms with Gasteiger partial charge in [-0.25, -0.2) is 0 Å². The van der Waals surface area contributed by atoms with Gasteiger partial charge < -0.3 is 9.47 Å². The molecule has 0 aromatic heterocycles. The number of methoxy groups -OCH3 is 1. The Morgan fingerprint density at radius 1 is 1.28 bits per heavy atom. The minimum absolute atomic E-state index is 0.0316. The lowest BCUT2D eigenvalue weighted by molar-refractivity contribution is 0.0927. The third kappa shape index (κ3) is 2.99. The quantitative estimate of drug-likeness (QED) is 0.719. The Morgan fingerprint density at radius 2 is 1.94 bits per heavy atom. The molecule has 1 saturated carbocycles. The zero-order chi connectivity index (χ0) is 13.2. The molecule has 0 radical (unpaired) electrons. The molecular formula is C15H19IO2. The van der Waals surface area contributed by atoms with Crippen molar-refractivity contribution in [2.75, 3.05) is 7.11 Å². The van der Waals surface area contributed by atoms with Gasteiger partial charge in [0.15, 0.2) is 11.5 Å². The van der Waals surface area contributed by atoms with Crippen LogP contribution in [0.5, 0.6) is 11.5 Å². The molecular weight excluding hydrogens is 339 g/mol. The number of rotatable bonds is 4. The summed E-state index contributed by atoms with van der Waals surface area (Å²) in [7, 11) is 1.68. The van der Waals surface area contributed by atoms with Crippen molar-refractivity contribution in [3.8, 4) is 11.5 Å². The molecule has 18 heavy (non-hydrogen) atoms. The molecule has 0 aliphatic heterocycles. The SMILES string of the molecule is C=C(I)c1ccc(OC2(C)CCCC2)c(OC)c1. The summed E-state index contributed by atoms with van der Waals surface area (Å²) in [5.74, 6) is 1.63. The second-order valence-electron chi connectivity index (χ2n) is 5.03. The van der Waals surface area contributed by atoms with Crippen molar-refractivity contribution in [2.24, 2.45) is 0 Å². The largest absolute Gasteiger partial charge is 0.493 e. The van der Waals surface area contributed by atoms with E-state index < -0.39 is 0 Å². The lowest BCUT2D eigenvalue weighted by atomic mass is 10.1. The molecule has 1 aromatic rings. The highest BCUT2D eigenvalue weighted by molar-refractivity contribution is 14.1. The number of halogens is 1. The Labute approximate surface area is 123 Å². The van der Waals surface area contributed by atoms with Gasteiger partial charge in [0.2, 0.25) is 0 Å². The maximum absolute atomic E-state index is 6.16. The predicted octanol–water partition coefficient (Wildman–Crippen LogP) is 4.81. The Bertz CT molecular complexity index is 448. The molecule has 1 aliphatic carbocycles. The number of ether oxygens (including phenoxy) is 2. The average molecular weight is 358 g/mol. The Morgan fingerprint density at radius 3 is 2.50 bits per heavy atom. The maximum Gasteiger partial charge on any atom is 0.162 e. The second kappa shape index (κ2) is 5.51. The molecule has 0 atom stereocenters. The maximum atomic E-state index is 6.16. The average Bonchev–Trinajstić information content (AvgIpc) is 2.76. The molecule has 1 aliphatic rings. The lowest BCUT2D eigenvalue weighted by Crippen LogP contribution is -2.28. The summed E-state index contributed by atoms with van der Waals surface area (Å²) in [5.41, 5.74) is 1.05. The first-order chi connectivity index (χ1) is 8.54. The molecule has 0 saturated heterocycles. The molecule has 1 aromatic carbocycles. The smallest absolute Gasteiger partial charge is 0.162 e. The van der Waals surface area contributed by atoms with Crippen molar-refractivity contribution >= 4 is 26.2 Å². The fourth-order valence-corrected chi connectivity index (χ4v) is 2.75. The van der Waals surface area contributed by atoms with E-state index in [4.69, 9.17) is 9.47 Å². The van der Waals surface area contributed by atoms with Crippen molar-refractivity contribution in [1.29, 1.82) is 0 Å². The summed E-state index contributed by atoms with van der Waals surface area (Å²) in [5, 5.41) is 0. The van der Waals surface area contributed by atoms with Crippen molar-refractivity contribution in [2.45, 2.75) is 38.2 Å². The van der Waals surface area contributed by atoms with E-state index in [-0.39, 0.29) is 5.60 Å². The van der Waals surface area contributed by atoms with Gasteiger partial charge in [0, 0.05) is 3.58 Å². The van der Waals surface area contributed by atoms with E-state index in [0.29, 0.717) is 0 Å². The standard InChI is InChI=1S/C15H19IO2/c1-11(16)12-6-7-13(14(10-12)17-3)18-15(2)8-4-5-9-15/h6-7,10H,1,4-5,8-9H2,2-3H3. The van der Waals surface area contributed by atoms with Crippen LogP contribution in [0.3, 0.4) is 0 Å². The van der Waals surface area contributed by atoms with Gasteiger partial charge in [-0.15, -0.1) is 0 Å². The van der Waals surface area contributed by atoms with E-state index in [0.717, 1.165) is 33.5 Å². The summed E-state index contributed by atoms with van der Waals surface area (Å²) >= 11 is 2.22. The number of hydrogen-bond donors (Lipinski definition) is 0. The van der Waals surface area contributed by atoms with Gasteiger partial charge in [-0.05, 0) is 79.0 Å². The topological polar surface area (TPSA) is 18.5 Å². The third-order valence-electron chi connectivity index (χ3n) is 3.49. The van der Waals surface area contributed by atoms with Crippen LogP contribution in [0.25, 0.3) is 3.58 Å². The van der Waals surface area contributed by atoms with Crippen LogP contribution in [0, 0.1) is 0 Å². The van der Waals surface area contributed by atoms with Gasteiger partial charge in [0.25, 0.3) is 0 Å². The molecule has 2 rings (SSSR count). The first kappa shape index (κ1) is 13.7. The van der Waals surface area contributed by atoms with Crippen LogP contribution >= 0.6 is 22.6 Å². The highest BCUT2D eigenvalue weighted by atomic mass is 127. The molecule has 0 N–H and O–H groups in total. The van der Waals surface area contributed by atoms with E-state index in [1.54, 1.807) is 7.11 Å². The fourth-order valence-electron chi connectivity index (χ4n) is 2.41. The van der Waals surface area contributed by atoms with E-state index in [1.165, 1.54) is 12.8 Å². The van der Waals surface area contributed by atoms with Crippen LogP contribution in [-0.4, -0.2) is 12.7 Å². The van der Waals surface area contributed by atoms with Crippen molar-refractivity contribution in [3.05, 3.63) is 30.3 Å². The minimum atomic E-state index is -0.0316. The normalized spacial score (nSPS) is 17.5. The summed E-state index contributed by atoms with van der Waals surface area (Å²) in [6.07, 6.45) is 4.75. The molecule has 1 fully saturated rings. The summed E-state index contributed by atoms with van der Waals surface area (Å²) in [4.78, 5) is 0. The van der Waals surface area contributed by atoms with E-state index in [2.05, 4.69) is 36.1 Å². The van der Waals surface area contributed by atoms with Gasteiger partial charge in [-0.1, -0.05) is 6.58 Å². The van der Waals surface area contributed by atoms with E-state index in [9.17, 15) is 0 Å². The highest BCUT2D eigenvalue weighted by Crippen LogP contribution is 2.39. The predicted molar refractivity (Wildman–Crippen MR) is 83.5 cm³/mol. The lowest BCUT2D eigenvalue weighted by Gasteiger charge is -2.26. The second-order valence-corrected chi connectivity index (χ2v) is 6.33. The van der Waals surface area contributed by atoms with E-state index in [1.807, 2.05) is 18.2 Å². The molecule has 3 heteroatoms. The van der Waals surface area contributed by atoms with Crippen LogP contribution in [0.1, 0.15) is 38.2 Å². The first-order valence-electron chi connectivity index (χ1n) is 6.26. The van der Waals surface area contributed by atoms with Gasteiger partial charge >= 0.3 is 0 Å². The van der Waals surface area contributed by atoms with Gasteiger partial charge in [-0.2, -0.15) is 0 Å². The zero-order valence-corrected chi connectivity index (χ0v) is 13.1. The van der Waals surface area contributed by atoms with Gasteiger partial charge in [0.1, 0.15) is 5.60 Å². The third-order valence-corrected chi connectivity index (χ3v) is 4.12. The minimum Gasteiger partial charge on any atom is -0.493 e. The van der Waals surface area contributed by atoms with Crippen molar-refractivity contribution in [1.82, 2.24) is 0 Å². The van der Waals surface area contributed by atoms with Crippen LogP contribution in [-0.2, 0) is 0 Å². The van der Waals surface area contributed by atoms with Crippen LogP contribution < -0.4 is 9.47 Å². The number of hydrogen-bond acceptors (Lipinski definition) is 2. The zero-order valence-electron chi connectivity index (χ0n) is 11.0.